The van der Waals surface area contributed by atoms with Gasteiger partial charge in [-0.15, -0.1) is 0 Å². The van der Waals surface area contributed by atoms with Gasteiger partial charge in [-0.1, -0.05) is 62.0 Å². The lowest BCUT2D eigenvalue weighted by atomic mass is 9.91. The number of nitrogens with zero attached hydrogens (tertiary/aromatic N) is 3. The summed E-state index contributed by atoms with van der Waals surface area (Å²) < 4.78 is 11.1. The Labute approximate surface area is 224 Å². The summed E-state index contributed by atoms with van der Waals surface area (Å²) in [4.78, 5) is 37.8. The molecule has 1 aromatic heterocycles. The van der Waals surface area contributed by atoms with Gasteiger partial charge in [0.1, 0.15) is 5.82 Å². The lowest BCUT2D eigenvalue weighted by Crippen LogP contribution is -2.28. The third-order valence-corrected chi connectivity index (χ3v) is 5.79. The Hall–Kier alpha value is -4.10. The molecule has 1 heterocycles. The van der Waals surface area contributed by atoms with E-state index >= 15 is 0 Å². The van der Waals surface area contributed by atoms with E-state index < -0.39 is 5.97 Å². The highest BCUT2D eigenvalue weighted by Crippen LogP contribution is 2.39. The highest BCUT2D eigenvalue weighted by molar-refractivity contribution is 6.16. The van der Waals surface area contributed by atoms with Crippen LogP contribution < -0.4 is 4.90 Å². The van der Waals surface area contributed by atoms with Crippen LogP contribution in [0, 0.1) is 0 Å². The summed E-state index contributed by atoms with van der Waals surface area (Å²) in [6, 6.07) is 18.8. The quantitative estimate of drug-likeness (QED) is 0.157. The summed E-state index contributed by atoms with van der Waals surface area (Å²) in [7, 11) is 0. The Morgan fingerprint density at radius 1 is 0.974 bits per heavy atom. The second-order valence-corrected chi connectivity index (χ2v) is 8.51. The first kappa shape index (κ1) is 28.5. The molecule has 0 aliphatic heterocycles. The number of hydrogen-bond donors (Lipinski definition) is 0. The second-order valence-electron chi connectivity index (χ2n) is 8.51. The summed E-state index contributed by atoms with van der Waals surface area (Å²) in [6.07, 6.45) is 2.20. The number of rotatable bonds is 12. The van der Waals surface area contributed by atoms with Crippen molar-refractivity contribution in [2.75, 3.05) is 31.3 Å². The monoisotopic (exact) mass is 513 g/mol. The molecule has 0 radical (unpaired) electrons. The van der Waals surface area contributed by atoms with E-state index in [2.05, 4.69) is 6.58 Å². The average Bonchev–Trinajstić information content (AvgIpc) is 2.94. The number of esters is 1. The van der Waals surface area contributed by atoms with Gasteiger partial charge in [0.05, 0.1) is 36.7 Å². The van der Waals surface area contributed by atoms with Crippen molar-refractivity contribution in [1.82, 2.24) is 4.98 Å². The third-order valence-electron chi connectivity index (χ3n) is 5.79. The van der Waals surface area contributed by atoms with Gasteiger partial charge in [-0.2, -0.15) is 0 Å². The molecule has 0 fully saturated rings. The Morgan fingerprint density at radius 2 is 1.63 bits per heavy atom. The van der Waals surface area contributed by atoms with Crippen LogP contribution in [-0.4, -0.2) is 48.9 Å². The van der Waals surface area contributed by atoms with Crippen LogP contribution in [-0.2, 0) is 14.3 Å². The van der Waals surface area contributed by atoms with Gasteiger partial charge < -0.3 is 9.47 Å². The van der Waals surface area contributed by atoms with Crippen molar-refractivity contribution in [3.8, 4) is 11.1 Å². The number of aliphatic imine (C=N–C) groups is 1. The second kappa shape index (κ2) is 14.0. The maximum atomic E-state index is 13.5. The normalized spacial score (nSPS) is 11.2. The van der Waals surface area contributed by atoms with Gasteiger partial charge in [0.15, 0.2) is 0 Å². The first-order chi connectivity index (χ1) is 18.4. The van der Waals surface area contributed by atoms with E-state index in [0.717, 1.165) is 5.56 Å². The molecular formula is C31H35N3O4. The van der Waals surface area contributed by atoms with Gasteiger partial charge >= 0.3 is 5.97 Å². The van der Waals surface area contributed by atoms with Crippen LogP contribution in [0.25, 0.3) is 17.2 Å². The number of para-hydroxylation sites is 1. The number of carbonyl (C=O) groups is 2. The topological polar surface area (TPSA) is 81.1 Å². The van der Waals surface area contributed by atoms with Crippen LogP contribution in [0.5, 0.6) is 0 Å². The van der Waals surface area contributed by atoms with E-state index in [0.29, 0.717) is 60.2 Å². The zero-order valence-electron chi connectivity index (χ0n) is 22.6. The van der Waals surface area contributed by atoms with Gasteiger partial charge in [0.2, 0.25) is 5.91 Å². The Kier molecular flexibility index (Phi) is 10.5. The van der Waals surface area contributed by atoms with E-state index in [1.54, 1.807) is 0 Å². The largest absolute Gasteiger partial charge is 0.462 e. The van der Waals surface area contributed by atoms with Crippen molar-refractivity contribution in [3.05, 3.63) is 84.1 Å². The van der Waals surface area contributed by atoms with Gasteiger partial charge in [-0.05, 0) is 44.0 Å². The third kappa shape index (κ3) is 6.61. The Bertz CT molecular complexity index is 1290. The van der Waals surface area contributed by atoms with Gasteiger partial charge in [0, 0.05) is 30.4 Å². The minimum atomic E-state index is -0.503. The standard InChI is InChI=1S/C31H35N3O4/c1-6-20-38-31(36)29-26(7-2)33-30(34(23(5)35)25-17-13-10-14-18-25)27(22(4)32-19-21-37-8-3)28(29)24-15-11-9-12-16-24/h7,9-18H,2,6,8,19-21H2,1,3-5H3. The van der Waals surface area contributed by atoms with E-state index in [-0.39, 0.29) is 18.1 Å². The van der Waals surface area contributed by atoms with Crippen LogP contribution in [0.15, 0.2) is 72.2 Å². The molecule has 0 saturated heterocycles. The molecule has 38 heavy (non-hydrogen) atoms. The fraction of sp³-hybridized carbons (Fsp3) is 0.290. The number of anilines is 2. The molecule has 0 N–H and O–H groups in total. The SMILES string of the molecule is C=Cc1nc(N(C(C)=O)c2ccccc2)c(C(C)=NCCOCC)c(-c2ccccc2)c1C(=O)OCCC. The highest BCUT2D eigenvalue weighted by atomic mass is 16.5. The molecule has 198 valence electrons. The van der Waals surface area contributed by atoms with E-state index in [1.807, 2.05) is 81.4 Å². The molecule has 0 aliphatic rings. The van der Waals surface area contributed by atoms with Crippen molar-refractivity contribution in [2.45, 2.75) is 34.1 Å². The fourth-order valence-electron chi connectivity index (χ4n) is 4.14. The smallest absolute Gasteiger partial charge is 0.341 e. The Morgan fingerprint density at radius 3 is 2.21 bits per heavy atom. The van der Waals surface area contributed by atoms with E-state index in [9.17, 15) is 9.59 Å². The first-order valence-corrected chi connectivity index (χ1v) is 12.8. The van der Waals surface area contributed by atoms with Gasteiger partial charge in [-0.25, -0.2) is 9.78 Å². The molecule has 0 aliphatic carbocycles. The first-order valence-electron chi connectivity index (χ1n) is 12.8. The molecule has 0 saturated carbocycles. The number of ether oxygens (including phenoxy) is 2. The predicted molar refractivity (Wildman–Crippen MR) is 153 cm³/mol. The molecular weight excluding hydrogens is 478 g/mol. The molecule has 7 heteroatoms. The molecule has 2 aromatic carbocycles. The zero-order chi connectivity index (χ0) is 27.5. The highest BCUT2D eigenvalue weighted by Gasteiger charge is 2.30. The summed E-state index contributed by atoms with van der Waals surface area (Å²) in [5.41, 5.74) is 3.81. The van der Waals surface area contributed by atoms with Crippen LogP contribution in [0.3, 0.4) is 0 Å². The van der Waals surface area contributed by atoms with Crippen molar-refractivity contribution in [1.29, 1.82) is 0 Å². The Balaban J connectivity index is 2.45. The summed E-state index contributed by atoms with van der Waals surface area (Å²) >= 11 is 0. The van der Waals surface area contributed by atoms with Crippen LogP contribution >= 0.6 is 0 Å². The minimum Gasteiger partial charge on any atom is -0.462 e. The lowest BCUT2D eigenvalue weighted by Gasteiger charge is -2.27. The number of benzene rings is 2. The van der Waals surface area contributed by atoms with Crippen LogP contribution in [0.2, 0.25) is 0 Å². The summed E-state index contributed by atoms with van der Waals surface area (Å²) in [5.74, 6) is -0.373. The van der Waals surface area contributed by atoms with Gasteiger partial charge in [0.25, 0.3) is 0 Å². The molecule has 0 bridgehead atoms. The molecule has 0 unspecified atom stereocenters. The molecule has 3 rings (SSSR count). The van der Waals surface area contributed by atoms with Crippen molar-refractivity contribution < 1.29 is 19.1 Å². The van der Waals surface area contributed by atoms with E-state index in [1.165, 1.54) is 17.9 Å². The lowest BCUT2D eigenvalue weighted by molar-refractivity contribution is -0.115. The maximum absolute atomic E-state index is 13.5. The van der Waals surface area contributed by atoms with Crippen molar-refractivity contribution in [2.24, 2.45) is 4.99 Å². The van der Waals surface area contributed by atoms with Crippen molar-refractivity contribution >= 4 is 35.2 Å². The molecule has 1 amide bonds. The molecule has 7 nitrogen and oxygen atoms in total. The minimum absolute atomic E-state index is 0.234. The van der Waals surface area contributed by atoms with E-state index in [4.69, 9.17) is 19.5 Å². The molecule has 3 aromatic rings. The van der Waals surface area contributed by atoms with Crippen molar-refractivity contribution in [3.63, 3.8) is 0 Å². The molecule has 0 atom stereocenters. The number of hydrogen-bond acceptors (Lipinski definition) is 6. The number of carbonyl (C=O) groups excluding carboxylic acids is 2. The zero-order valence-corrected chi connectivity index (χ0v) is 22.6. The summed E-state index contributed by atoms with van der Waals surface area (Å²) in [5, 5.41) is 0. The van der Waals surface area contributed by atoms with Gasteiger partial charge in [-0.3, -0.25) is 14.7 Å². The molecule has 0 spiro atoms. The van der Waals surface area contributed by atoms with Crippen LogP contribution in [0.1, 0.15) is 55.7 Å². The van der Waals surface area contributed by atoms with Crippen LogP contribution in [0.4, 0.5) is 11.5 Å². The average molecular weight is 514 g/mol. The number of pyridine rings is 1. The predicted octanol–water partition coefficient (Wildman–Crippen LogP) is 6.49. The number of aromatic nitrogens is 1. The summed E-state index contributed by atoms with van der Waals surface area (Å²) in [6.45, 7) is 12.9. The maximum Gasteiger partial charge on any atom is 0.341 e. The number of amides is 1. The fourth-order valence-corrected chi connectivity index (χ4v) is 4.14.